The van der Waals surface area contributed by atoms with E-state index in [9.17, 15) is 14.7 Å². The summed E-state index contributed by atoms with van der Waals surface area (Å²) in [6.07, 6.45) is -0.921. The number of carbonyl (C=O) groups is 2. The molecule has 0 saturated heterocycles. The van der Waals surface area contributed by atoms with Gasteiger partial charge in [-0.1, -0.05) is 13.8 Å². The molecule has 0 saturated carbocycles. The second-order valence-corrected chi connectivity index (χ2v) is 4.42. The number of ether oxygens (including phenoxy) is 1. The van der Waals surface area contributed by atoms with E-state index in [0.717, 1.165) is 0 Å². The standard InChI is InChI=1S/C11H21NO5/c1-4-17-9(11(2,3)7-13)10(16)12-6-5-8(14)15/h9,13H,4-7H2,1-3H3,(H,12,16)(H,14,15). The molecule has 0 bridgehead atoms. The molecular weight excluding hydrogens is 226 g/mol. The van der Waals surface area contributed by atoms with Gasteiger partial charge in [0, 0.05) is 18.6 Å². The molecule has 0 aliphatic rings. The summed E-state index contributed by atoms with van der Waals surface area (Å²) in [6, 6.07) is 0. The fraction of sp³-hybridized carbons (Fsp3) is 0.818. The van der Waals surface area contributed by atoms with Gasteiger partial charge in [-0.25, -0.2) is 0 Å². The maximum atomic E-state index is 11.8. The molecule has 0 aromatic rings. The molecule has 1 unspecified atom stereocenters. The Balaban J connectivity index is 4.39. The first kappa shape index (κ1) is 15.9. The van der Waals surface area contributed by atoms with E-state index in [0.29, 0.717) is 6.61 Å². The molecule has 3 N–H and O–H groups in total. The van der Waals surface area contributed by atoms with E-state index >= 15 is 0 Å². The van der Waals surface area contributed by atoms with E-state index in [1.54, 1.807) is 20.8 Å². The van der Waals surface area contributed by atoms with Crippen molar-refractivity contribution in [3.8, 4) is 0 Å². The molecule has 1 atom stereocenters. The third-order valence-electron chi connectivity index (χ3n) is 2.33. The molecule has 6 nitrogen and oxygen atoms in total. The van der Waals surface area contributed by atoms with Crippen LogP contribution < -0.4 is 5.32 Å². The highest BCUT2D eigenvalue weighted by Crippen LogP contribution is 2.22. The van der Waals surface area contributed by atoms with Crippen LogP contribution in [0.3, 0.4) is 0 Å². The van der Waals surface area contributed by atoms with Crippen molar-refractivity contribution >= 4 is 11.9 Å². The first-order valence-corrected chi connectivity index (χ1v) is 5.57. The Morgan fingerprint density at radius 2 is 2.00 bits per heavy atom. The molecule has 0 aromatic carbocycles. The van der Waals surface area contributed by atoms with Gasteiger partial charge in [0.2, 0.25) is 5.91 Å². The molecule has 0 aliphatic carbocycles. The molecule has 100 valence electrons. The van der Waals surface area contributed by atoms with Gasteiger partial charge < -0.3 is 20.3 Å². The van der Waals surface area contributed by atoms with Crippen LogP contribution >= 0.6 is 0 Å². The van der Waals surface area contributed by atoms with Gasteiger partial charge >= 0.3 is 5.97 Å². The number of nitrogens with one attached hydrogen (secondary N) is 1. The summed E-state index contributed by atoms with van der Waals surface area (Å²) < 4.78 is 5.30. The highest BCUT2D eigenvalue weighted by Gasteiger charge is 2.35. The lowest BCUT2D eigenvalue weighted by Gasteiger charge is -2.31. The zero-order valence-corrected chi connectivity index (χ0v) is 10.5. The Hall–Kier alpha value is -1.14. The predicted octanol–water partition coefficient (Wildman–Crippen LogP) is 0.000900. The van der Waals surface area contributed by atoms with Gasteiger partial charge in [0.05, 0.1) is 13.0 Å². The monoisotopic (exact) mass is 247 g/mol. The number of amides is 1. The minimum atomic E-state index is -0.973. The van der Waals surface area contributed by atoms with E-state index in [1.165, 1.54) is 0 Å². The molecular formula is C11H21NO5. The maximum absolute atomic E-state index is 11.8. The lowest BCUT2D eigenvalue weighted by atomic mass is 9.87. The third kappa shape index (κ3) is 5.65. The maximum Gasteiger partial charge on any atom is 0.305 e. The molecule has 0 radical (unpaired) electrons. The van der Waals surface area contributed by atoms with Crippen molar-refractivity contribution in [2.75, 3.05) is 19.8 Å². The van der Waals surface area contributed by atoms with Crippen molar-refractivity contribution < 1.29 is 24.5 Å². The quantitative estimate of drug-likeness (QED) is 0.561. The number of hydrogen-bond donors (Lipinski definition) is 3. The van der Waals surface area contributed by atoms with Gasteiger partial charge in [-0.2, -0.15) is 0 Å². The van der Waals surface area contributed by atoms with Crippen molar-refractivity contribution in [3.63, 3.8) is 0 Å². The number of rotatable bonds is 8. The van der Waals surface area contributed by atoms with Crippen LogP contribution in [-0.4, -0.2) is 48.0 Å². The lowest BCUT2D eigenvalue weighted by molar-refractivity contribution is -0.143. The minimum Gasteiger partial charge on any atom is -0.481 e. The molecule has 0 aliphatic heterocycles. The van der Waals surface area contributed by atoms with Crippen molar-refractivity contribution in [1.29, 1.82) is 0 Å². The van der Waals surface area contributed by atoms with Crippen LogP contribution in [0.5, 0.6) is 0 Å². The molecule has 0 rings (SSSR count). The van der Waals surface area contributed by atoms with Gasteiger partial charge in [-0.3, -0.25) is 9.59 Å². The van der Waals surface area contributed by atoms with Crippen molar-refractivity contribution in [2.24, 2.45) is 5.41 Å². The molecule has 6 heteroatoms. The Labute approximate surface area is 101 Å². The van der Waals surface area contributed by atoms with E-state index < -0.39 is 23.4 Å². The number of aliphatic hydroxyl groups is 1. The predicted molar refractivity (Wildman–Crippen MR) is 61.5 cm³/mol. The van der Waals surface area contributed by atoms with Crippen LogP contribution in [0.25, 0.3) is 0 Å². The Kier molecular flexibility index (Phi) is 6.75. The SMILES string of the molecule is CCOC(C(=O)NCCC(=O)O)C(C)(C)CO. The summed E-state index contributed by atoms with van der Waals surface area (Å²) in [4.78, 5) is 22.1. The summed E-state index contributed by atoms with van der Waals surface area (Å²) in [5.41, 5.74) is -0.705. The molecule has 0 fully saturated rings. The van der Waals surface area contributed by atoms with E-state index in [2.05, 4.69) is 5.32 Å². The normalized spacial score (nSPS) is 13.2. The van der Waals surface area contributed by atoms with Gasteiger partial charge in [0.25, 0.3) is 0 Å². The first-order valence-electron chi connectivity index (χ1n) is 5.57. The average molecular weight is 247 g/mol. The first-order chi connectivity index (χ1) is 7.85. The van der Waals surface area contributed by atoms with Gasteiger partial charge in [-0.05, 0) is 6.92 Å². The summed E-state index contributed by atoms with van der Waals surface area (Å²) >= 11 is 0. The second-order valence-electron chi connectivity index (χ2n) is 4.42. The minimum absolute atomic E-state index is 0.0548. The number of carboxylic acid groups (broad SMARTS) is 1. The van der Waals surface area contributed by atoms with Crippen molar-refractivity contribution in [3.05, 3.63) is 0 Å². The zero-order chi connectivity index (χ0) is 13.5. The summed E-state index contributed by atoms with van der Waals surface area (Å²) in [5.74, 6) is -1.37. The molecule has 0 aromatic heterocycles. The second kappa shape index (κ2) is 7.24. The highest BCUT2D eigenvalue weighted by molar-refractivity contribution is 5.82. The van der Waals surface area contributed by atoms with Crippen LogP contribution in [0.1, 0.15) is 27.2 Å². The molecule has 0 spiro atoms. The van der Waals surface area contributed by atoms with Crippen LogP contribution in [0.4, 0.5) is 0 Å². The van der Waals surface area contributed by atoms with E-state index in [4.69, 9.17) is 9.84 Å². The average Bonchev–Trinajstić information content (AvgIpc) is 2.24. The highest BCUT2D eigenvalue weighted by atomic mass is 16.5. The Bertz CT molecular complexity index is 265. The molecule has 0 heterocycles. The fourth-order valence-electron chi connectivity index (χ4n) is 1.29. The fourth-order valence-corrected chi connectivity index (χ4v) is 1.29. The van der Waals surface area contributed by atoms with Gasteiger partial charge in [0.1, 0.15) is 6.10 Å². The molecule has 17 heavy (non-hydrogen) atoms. The lowest BCUT2D eigenvalue weighted by Crippen LogP contribution is -2.47. The Morgan fingerprint density at radius 3 is 2.41 bits per heavy atom. The van der Waals surface area contributed by atoms with Crippen LogP contribution in [-0.2, 0) is 14.3 Å². The summed E-state index contributed by atoms with van der Waals surface area (Å²) in [5, 5.41) is 20.1. The third-order valence-corrected chi connectivity index (χ3v) is 2.33. The number of aliphatic hydroxyl groups excluding tert-OH is 1. The zero-order valence-electron chi connectivity index (χ0n) is 10.5. The number of aliphatic carboxylic acids is 1. The molecule has 1 amide bonds. The smallest absolute Gasteiger partial charge is 0.305 e. The number of carboxylic acids is 1. The van der Waals surface area contributed by atoms with Gasteiger partial charge in [0.15, 0.2) is 0 Å². The topological polar surface area (TPSA) is 95.9 Å². The van der Waals surface area contributed by atoms with E-state index in [-0.39, 0.29) is 19.6 Å². The largest absolute Gasteiger partial charge is 0.481 e. The van der Waals surface area contributed by atoms with Crippen LogP contribution in [0, 0.1) is 5.41 Å². The van der Waals surface area contributed by atoms with Crippen LogP contribution in [0.15, 0.2) is 0 Å². The Morgan fingerprint density at radius 1 is 1.41 bits per heavy atom. The van der Waals surface area contributed by atoms with Crippen LogP contribution in [0.2, 0.25) is 0 Å². The van der Waals surface area contributed by atoms with E-state index in [1.807, 2.05) is 0 Å². The van der Waals surface area contributed by atoms with Crippen molar-refractivity contribution in [2.45, 2.75) is 33.3 Å². The number of carbonyl (C=O) groups excluding carboxylic acids is 1. The van der Waals surface area contributed by atoms with Crippen molar-refractivity contribution in [1.82, 2.24) is 5.32 Å². The number of hydrogen-bond acceptors (Lipinski definition) is 4. The summed E-state index contributed by atoms with van der Waals surface area (Å²) in [6.45, 7) is 5.39. The summed E-state index contributed by atoms with van der Waals surface area (Å²) in [7, 11) is 0. The van der Waals surface area contributed by atoms with Gasteiger partial charge in [-0.15, -0.1) is 0 Å².